The second kappa shape index (κ2) is 6.06. The Balaban J connectivity index is 2.00. The van der Waals surface area contributed by atoms with Gasteiger partial charge in [0.25, 0.3) is 0 Å². The van der Waals surface area contributed by atoms with Crippen molar-refractivity contribution < 1.29 is 14.3 Å². The highest BCUT2D eigenvalue weighted by Crippen LogP contribution is 2.26. The van der Waals surface area contributed by atoms with Crippen molar-refractivity contribution in [3.05, 3.63) is 23.8 Å². The molecule has 1 aromatic rings. The molecule has 1 fully saturated rings. The van der Waals surface area contributed by atoms with E-state index >= 15 is 0 Å². The van der Waals surface area contributed by atoms with Crippen molar-refractivity contribution in [3.63, 3.8) is 0 Å². The van der Waals surface area contributed by atoms with Crippen molar-refractivity contribution in [2.24, 2.45) is 0 Å². The average Bonchev–Trinajstić information content (AvgIpc) is 3.12. The van der Waals surface area contributed by atoms with E-state index in [0.29, 0.717) is 19.1 Å². The quantitative estimate of drug-likeness (QED) is 0.803. The van der Waals surface area contributed by atoms with Gasteiger partial charge in [0, 0.05) is 12.1 Å². The summed E-state index contributed by atoms with van der Waals surface area (Å²) in [4.78, 5) is 11.4. The van der Waals surface area contributed by atoms with Crippen LogP contribution in [-0.2, 0) is 16.0 Å². The lowest BCUT2D eigenvalue weighted by atomic mass is 10.1. The fourth-order valence-corrected chi connectivity index (χ4v) is 1.90. The van der Waals surface area contributed by atoms with E-state index in [4.69, 9.17) is 9.47 Å². The van der Waals surface area contributed by atoms with Crippen molar-refractivity contribution in [1.29, 1.82) is 0 Å². The second-order valence-corrected chi connectivity index (χ2v) is 4.77. The number of amides is 1. The Morgan fingerprint density at radius 2 is 2.16 bits per heavy atom. The molecular weight excluding hydrogens is 242 g/mol. The third-order valence-corrected chi connectivity index (χ3v) is 3.29. The van der Waals surface area contributed by atoms with Gasteiger partial charge in [0.1, 0.15) is 18.5 Å². The van der Waals surface area contributed by atoms with Gasteiger partial charge in [-0.3, -0.25) is 4.79 Å². The SMILES string of the molecule is CCC(=O)Nc1ccc(OCC2OC2C)c(CC)c1. The van der Waals surface area contributed by atoms with Crippen molar-refractivity contribution in [3.8, 4) is 5.75 Å². The monoisotopic (exact) mass is 263 g/mol. The molecule has 4 heteroatoms. The fraction of sp³-hybridized carbons (Fsp3) is 0.533. The van der Waals surface area contributed by atoms with Crippen LogP contribution >= 0.6 is 0 Å². The number of rotatable bonds is 6. The van der Waals surface area contributed by atoms with Gasteiger partial charge in [0.15, 0.2) is 0 Å². The van der Waals surface area contributed by atoms with Crippen LogP contribution in [0.3, 0.4) is 0 Å². The Morgan fingerprint density at radius 1 is 1.42 bits per heavy atom. The summed E-state index contributed by atoms with van der Waals surface area (Å²) in [6.45, 7) is 6.54. The molecule has 2 atom stereocenters. The molecule has 1 amide bonds. The minimum absolute atomic E-state index is 0.0240. The van der Waals surface area contributed by atoms with Crippen LogP contribution in [0.2, 0.25) is 0 Å². The molecule has 0 spiro atoms. The third kappa shape index (κ3) is 3.70. The number of ether oxygens (including phenoxy) is 2. The number of nitrogens with one attached hydrogen (secondary N) is 1. The van der Waals surface area contributed by atoms with Crippen LogP contribution in [0.5, 0.6) is 5.75 Å². The normalized spacial score (nSPS) is 21.0. The van der Waals surface area contributed by atoms with Gasteiger partial charge in [-0.05, 0) is 37.1 Å². The molecule has 0 bridgehead atoms. The van der Waals surface area contributed by atoms with Crippen LogP contribution in [0, 0.1) is 0 Å². The minimum Gasteiger partial charge on any atom is -0.490 e. The van der Waals surface area contributed by atoms with Crippen LogP contribution in [0.4, 0.5) is 5.69 Å². The number of anilines is 1. The lowest BCUT2D eigenvalue weighted by Crippen LogP contribution is -2.11. The van der Waals surface area contributed by atoms with E-state index in [1.54, 1.807) is 0 Å². The first-order valence-corrected chi connectivity index (χ1v) is 6.85. The highest BCUT2D eigenvalue weighted by Gasteiger charge is 2.34. The van der Waals surface area contributed by atoms with Crippen molar-refractivity contribution in [2.75, 3.05) is 11.9 Å². The number of hydrogen-bond acceptors (Lipinski definition) is 3. The minimum atomic E-state index is 0.0240. The third-order valence-electron chi connectivity index (χ3n) is 3.29. The Hall–Kier alpha value is -1.55. The first-order chi connectivity index (χ1) is 9.13. The van der Waals surface area contributed by atoms with E-state index in [0.717, 1.165) is 23.4 Å². The predicted octanol–water partition coefficient (Wildman–Crippen LogP) is 2.76. The zero-order chi connectivity index (χ0) is 13.8. The highest BCUT2D eigenvalue weighted by atomic mass is 16.6. The number of hydrogen-bond donors (Lipinski definition) is 1. The Bertz CT molecular complexity index is 459. The van der Waals surface area contributed by atoms with Gasteiger partial charge in [0.05, 0.1) is 6.10 Å². The molecule has 0 saturated carbocycles. The summed E-state index contributed by atoms with van der Waals surface area (Å²) in [5, 5.41) is 2.86. The van der Waals surface area contributed by atoms with E-state index in [-0.39, 0.29) is 12.0 Å². The lowest BCUT2D eigenvalue weighted by Gasteiger charge is -2.12. The summed E-state index contributed by atoms with van der Waals surface area (Å²) in [5.41, 5.74) is 1.93. The van der Waals surface area contributed by atoms with Gasteiger partial charge in [-0.2, -0.15) is 0 Å². The Morgan fingerprint density at radius 3 is 2.74 bits per heavy atom. The molecular formula is C15H21NO3. The van der Waals surface area contributed by atoms with Crippen LogP contribution < -0.4 is 10.1 Å². The molecule has 1 saturated heterocycles. The molecule has 1 N–H and O–H groups in total. The molecule has 2 unspecified atom stereocenters. The Labute approximate surface area is 114 Å². The maximum absolute atomic E-state index is 11.4. The fourth-order valence-electron chi connectivity index (χ4n) is 1.90. The first kappa shape index (κ1) is 13.9. The summed E-state index contributed by atoms with van der Waals surface area (Å²) < 4.78 is 11.1. The number of carbonyl (C=O) groups is 1. The van der Waals surface area contributed by atoms with E-state index in [1.165, 1.54) is 0 Å². The van der Waals surface area contributed by atoms with Crippen LogP contribution in [0.25, 0.3) is 0 Å². The highest BCUT2D eigenvalue weighted by molar-refractivity contribution is 5.90. The molecule has 1 aliphatic heterocycles. The van der Waals surface area contributed by atoms with E-state index in [9.17, 15) is 4.79 Å². The standard InChI is InChI=1S/C15H21NO3/c1-4-11-8-12(16-15(17)5-2)6-7-13(11)18-9-14-10(3)19-14/h6-8,10,14H,4-5,9H2,1-3H3,(H,16,17). The second-order valence-electron chi connectivity index (χ2n) is 4.77. The summed E-state index contributed by atoms with van der Waals surface area (Å²) in [6, 6.07) is 5.76. The summed E-state index contributed by atoms with van der Waals surface area (Å²) in [7, 11) is 0. The molecule has 2 rings (SSSR count). The smallest absolute Gasteiger partial charge is 0.224 e. The maximum Gasteiger partial charge on any atom is 0.224 e. The number of aryl methyl sites for hydroxylation is 1. The average molecular weight is 263 g/mol. The van der Waals surface area contributed by atoms with Crippen LogP contribution in [0.1, 0.15) is 32.8 Å². The van der Waals surface area contributed by atoms with Crippen molar-refractivity contribution in [2.45, 2.75) is 45.8 Å². The molecule has 0 aliphatic carbocycles. The Kier molecular flexibility index (Phi) is 4.43. The van der Waals surface area contributed by atoms with Gasteiger partial charge < -0.3 is 14.8 Å². The lowest BCUT2D eigenvalue weighted by molar-refractivity contribution is -0.115. The van der Waals surface area contributed by atoms with Gasteiger partial charge in [0.2, 0.25) is 5.91 Å². The number of epoxide rings is 1. The topological polar surface area (TPSA) is 50.9 Å². The zero-order valence-electron chi connectivity index (χ0n) is 11.7. The zero-order valence-corrected chi connectivity index (χ0v) is 11.7. The molecule has 4 nitrogen and oxygen atoms in total. The van der Waals surface area contributed by atoms with Gasteiger partial charge >= 0.3 is 0 Å². The molecule has 0 radical (unpaired) electrons. The van der Waals surface area contributed by atoms with E-state index in [1.807, 2.05) is 32.0 Å². The molecule has 104 valence electrons. The maximum atomic E-state index is 11.4. The molecule has 1 aromatic carbocycles. The van der Waals surface area contributed by atoms with E-state index < -0.39 is 0 Å². The molecule has 19 heavy (non-hydrogen) atoms. The van der Waals surface area contributed by atoms with Crippen LogP contribution in [0.15, 0.2) is 18.2 Å². The van der Waals surface area contributed by atoms with Crippen molar-refractivity contribution >= 4 is 11.6 Å². The first-order valence-electron chi connectivity index (χ1n) is 6.85. The molecule has 0 aromatic heterocycles. The van der Waals surface area contributed by atoms with Crippen LogP contribution in [-0.4, -0.2) is 24.7 Å². The van der Waals surface area contributed by atoms with Gasteiger partial charge in [-0.25, -0.2) is 0 Å². The summed E-state index contributed by atoms with van der Waals surface area (Å²) >= 11 is 0. The summed E-state index contributed by atoms with van der Waals surface area (Å²) in [5.74, 6) is 0.899. The van der Waals surface area contributed by atoms with Gasteiger partial charge in [-0.15, -0.1) is 0 Å². The van der Waals surface area contributed by atoms with E-state index in [2.05, 4.69) is 12.2 Å². The largest absolute Gasteiger partial charge is 0.490 e. The molecule has 1 aliphatic rings. The van der Waals surface area contributed by atoms with Gasteiger partial charge in [-0.1, -0.05) is 13.8 Å². The predicted molar refractivity (Wildman–Crippen MR) is 74.6 cm³/mol. The van der Waals surface area contributed by atoms with Crippen molar-refractivity contribution in [1.82, 2.24) is 0 Å². The molecule has 1 heterocycles. The summed E-state index contributed by atoms with van der Waals surface area (Å²) in [6.07, 6.45) is 1.89. The number of benzene rings is 1. The number of carbonyl (C=O) groups excluding carboxylic acids is 1.